The first kappa shape index (κ1) is 15.4. The topological polar surface area (TPSA) is 52.1 Å². The van der Waals surface area contributed by atoms with Gasteiger partial charge in [0.1, 0.15) is 0 Å². The van der Waals surface area contributed by atoms with Gasteiger partial charge in [-0.1, -0.05) is 25.7 Å². The molecule has 124 valence electrons. The van der Waals surface area contributed by atoms with E-state index in [-0.39, 0.29) is 9.49 Å². The molecule has 0 aromatic carbocycles. The van der Waals surface area contributed by atoms with E-state index in [0.29, 0.717) is 32.3 Å². The van der Waals surface area contributed by atoms with Crippen LogP contribution in [0, 0.1) is 10.4 Å². The van der Waals surface area contributed by atoms with Crippen molar-refractivity contribution in [3.8, 4) is 0 Å². The molecule has 22 heavy (non-hydrogen) atoms. The smallest absolute Gasteiger partial charge is 0.235 e. The number of hydrogen-bond donors (Lipinski definition) is 0. The van der Waals surface area contributed by atoms with Gasteiger partial charge in [0, 0.05) is 19.2 Å². The molecule has 4 aliphatic rings. The normalized spacial score (nSPS) is 41.9. The predicted molar refractivity (Wildman–Crippen MR) is 91.4 cm³/mol. The first-order valence-electron chi connectivity index (χ1n) is 8.64. The summed E-state index contributed by atoms with van der Waals surface area (Å²) in [5, 5.41) is 24.7. The number of hydroxylamine groups is 2. The molecule has 2 aliphatic carbocycles. The van der Waals surface area contributed by atoms with Crippen molar-refractivity contribution in [1.29, 1.82) is 0 Å². The fourth-order valence-corrected chi connectivity index (χ4v) is 8.49. The molecule has 2 spiro atoms. The zero-order valence-electron chi connectivity index (χ0n) is 13.6. The molecule has 2 aliphatic heterocycles. The summed E-state index contributed by atoms with van der Waals surface area (Å²) in [6, 6.07) is 0. The molecule has 4 nitrogen and oxygen atoms in total. The first-order valence-corrected chi connectivity index (χ1v) is 10.3. The van der Waals surface area contributed by atoms with Gasteiger partial charge in [-0.2, -0.15) is 0 Å². The van der Waals surface area contributed by atoms with E-state index in [1.165, 1.54) is 51.4 Å². The molecule has 0 amide bonds. The predicted octanol–water partition coefficient (Wildman–Crippen LogP) is 4.10. The molecule has 2 saturated heterocycles. The highest BCUT2D eigenvalue weighted by Gasteiger charge is 2.70. The van der Waals surface area contributed by atoms with Crippen LogP contribution >= 0.6 is 23.5 Å². The van der Waals surface area contributed by atoms with Gasteiger partial charge in [-0.25, -0.2) is 0 Å². The van der Waals surface area contributed by atoms with Crippen molar-refractivity contribution >= 4 is 23.5 Å². The minimum atomic E-state index is -0.00342. The molecular weight excluding hydrogens is 316 g/mol. The zero-order valence-corrected chi connectivity index (χ0v) is 15.2. The maximum absolute atomic E-state index is 12.4. The molecule has 0 N–H and O–H groups in total. The second-order valence-corrected chi connectivity index (χ2v) is 11.9. The Hall–Kier alpha value is -0.100. The second-order valence-electron chi connectivity index (χ2n) is 8.09. The SMILES string of the molecule is CC1(C/[N+]([O-])=[N+](\[O-])CC2(C)SC23CCCC3)SC12CCCC2. The van der Waals surface area contributed by atoms with Gasteiger partial charge in [-0.15, -0.1) is 23.5 Å². The van der Waals surface area contributed by atoms with Gasteiger partial charge in [-0.05, 0) is 39.5 Å². The quantitative estimate of drug-likeness (QED) is 0.334. The van der Waals surface area contributed by atoms with E-state index in [0.717, 1.165) is 0 Å². The van der Waals surface area contributed by atoms with Crippen LogP contribution in [-0.4, -0.2) is 41.8 Å². The maximum atomic E-state index is 12.4. The Morgan fingerprint density at radius 1 is 0.727 bits per heavy atom. The highest BCUT2D eigenvalue weighted by Crippen LogP contribution is 2.71. The summed E-state index contributed by atoms with van der Waals surface area (Å²) in [7, 11) is 0. The third-order valence-corrected chi connectivity index (χ3v) is 10.7. The summed E-state index contributed by atoms with van der Waals surface area (Å²) >= 11 is 3.87. The Labute approximate surface area is 141 Å². The highest BCUT2D eigenvalue weighted by molar-refractivity contribution is 8.10. The molecule has 0 aromatic heterocycles. The molecule has 2 atom stereocenters. The molecule has 0 bridgehead atoms. The van der Waals surface area contributed by atoms with Crippen LogP contribution in [0.5, 0.6) is 0 Å². The van der Waals surface area contributed by atoms with Gasteiger partial charge in [0.05, 0.1) is 9.49 Å². The van der Waals surface area contributed by atoms with Crippen LogP contribution in [0.25, 0.3) is 0 Å². The van der Waals surface area contributed by atoms with Gasteiger partial charge in [-0.3, -0.25) is 0 Å². The lowest BCUT2D eigenvalue weighted by molar-refractivity contribution is -0.971. The summed E-state index contributed by atoms with van der Waals surface area (Å²) in [5.41, 5.74) is 0. The molecule has 2 unspecified atom stereocenters. The fraction of sp³-hybridized carbons (Fsp3) is 1.00. The second kappa shape index (κ2) is 4.71. The average Bonchev–Trinajstić information content (AvgIpc) is 2.99. The molecule has 4 rings (SSSR count). The van der Waals surface area contributed by atoms with E-state index in [1.54, 1.807) is 0 Å². The highest BCUT2D eigenvalue weighted by atomic mass is 32.2. The van der Waals surface area contributed by atoms with Crippen molar-refractivity contribution in [2.75, 3.05) is 13.1 Å². The van der Waals surface area contributed by atoms with Gasteiger partial charge in [0.15, 0.2) is 0 Å². The monoisotopic (exact) mass is 342 g/mol. The van der Waals surface area contributed by atoms with E-state index < -0.39 is 0 Å². The Kier molecular flexibility index (Phi) is 3.31. The van der Waals surface area contributed by atoms with Crippen LogP contribution in [0.3, 0.4) is 0 Å². The van der Waals surface area contributed by atoms with Gasteiger partial charge < -0.3 is 10.4 Å². The Morgan fingerprint density at radius 3 is 1.36 bits per heavy atom. The lowest BCUT2D eigenvalue weighted by Gasteiger charge is -2.15. The van der Waals surface area contributed by atoms with Gasteiger partial charge in [0.25, 0.3) is 0 Å². The standard InChI is InChI=1S/C16H26N2O2S2/c1-13(15(21-13)7-3-4-8-15)11-17(19)18(20)12-14(2)16(22-14)9-5-6-10-16/h3-12H2,1-2H3/b18-17+. The van der Waals surface area contributed by atoms with Crippen molar-refractivity contribution in [2.24, 2.45) is 0 Å². The Morgan fingerprint density at radius 2 is 1.05 bits per heavy atom. The molecule has 0 aromatic rings. The van der Waals surface area contributed by atoms with Crippen LogP contribution in [-0.2, 0) is 0 Å². The zero-order chi connectivity index (χ0) is 15.6. The van der Waals surface area contributed by atoms with E-state index in [4.69, 9.17) is 0 Å². The van der Waals surface area contributed by atoms with E-state index in [1.807, 2.05) is 23.5 Å². The lowest BCUT2D eigenvalue weighted by atomic mass is 9.92. The molecule has 2 saturated carbocycles. The third kappa shape index (κ3) is 2.12. The summed E-state index contributed by atoms with van der Waals surface area (Å²) in [6.45, 7) is 5.06. The van der Waals surface area contributed by atoms with Crippen LogP contribution in [0.2, 0.25) is 0 Å². The Balaban J connectivity index is 1.41. The lowest BCUT2D eigenvalue weighted by Crippen LogP contribution is -2.36. The van der Waals surface area contributed by atoms with E-state index in [9.17, 15) is 10.4 Å². The molecular formula is C16H26N2O2S2. The van der Waals surface area contributed by atoms with Crippen molar-refractivity contribution in [1.82, 2.24) is 0 Å². The van der Waals surface area contributed by atoms with E-state index >= 15 is 0 Å². The molecule has 0 radical (unpaired) electrons. The number of azo groups is 1. The fourth-order valence-electron chi connectivity index (χ4n) is 4.99. The van der Waals surface area contributed by atoms with Crippen molar-refractivity contribution in [3.05, 3.63) is 10.4 Å². The van der Waals surface area contributed by atoms with Crippen LogP contribution in [0.1, 0.15) is 65.2 Å². The van der Waals surface area contributed by atoms with Crippen LogP contribution in [0.15, 0.2) is 0 Å². The van der Waals surface area contributed by atoms with E-state index in [2.05, 4.69) is 13.8 Å². The van der Waals surface area contributed by atoms with Crippen LogP contribution < -0.4 is 0 Å². The van der Waals surface area contributed by atoms with Crippen molar-refractivity contribution in [3.63, 3.8) is 0 Å². The summed E-state index contributed by atoms with van der Waals surface area (Å²) < 4.78 is 0.607. The van der Waals surface area contributed by atoms with Crippen molar-refractivity contribution in [2.45, 2.75) is 84.2 Å². The summed E-state index contributed by atoms with van der Waals surface area (Å²) in [6.07, 6.45) is 9.99. The minimum Gasteiger partial charge on any atom is -0.567 e. The summed E-state index contributed by atoms with van der Waals surface area (Å²) in [5.74, 6) is 0. The molecule has 4 fully saturated rings. The Bertz CT molecular complexity index is 480. The average molecular weight is 343 g/mol. The largest absolute Gasteiger partial charge is 0.567 e. The maximum Gasteiger partial charge on any atom is 0.235 e. The number of hydrogen-bond acceptors (Lipinski definition) is 4. The van der Waals surface area contributed by atoms with Crippen LogP contribution in [0.4, 0.5) is 0 Å². The third-order valence-electron chi connectivity index (χ3n) is 6.63. The van der Waals surface area contributed by atoms with Gasteiger partial charge >= 0.3 is 0 Å². The first-order chi connectivity index (χ1) is 10.3. The van der Waals surface area contributed by atoms with Crippen molar-refractivity contribution < 1.29 is 9.72 Å². The molecule has 2 heterocycles. The summed E-state index contributed by atoms with van der Waals surface area (Å²) in [4.78, 5) is 1.43. The minimum absolute atomic E-state index is 0.00342. The number of nitrogens with zero attached hydrogens (tertiary/aromatic N) is 2. The number of thioether (sulfide) groups is 2. The number of rotatable bonds is 4. The molecule has 6 heteroatoms. The van der Waals surface area contributed by atoms with Gasteiger partial charge in [0.2, 0.25) is 13.1 Å².